The molecule has 5 heterocycles. The molecular weight excluding hydrogens is 467 g/mol. The third-order valence-corrected chi connectivity index (χ3v) is 8.33. The Bertz CT molecular complexity index is 1680. The molecule has 0 atom stereocenters. The van der Waals surface area contributed by atoms with Crippen LogP contribution in [0.3, 0.4) is 0 Å². The minimum Gasteiger partial charge on any atom is -0.279 e. The van der Waals surface area contributed by atoms with Gasteiger partial charge in [0.05, 0.1) is 21.5 Å². The van der Waals surface area contributed by atoms with E-state index in [4.69, 9.17) is 0 Å². The summed E-state index contributed by atoms with van der Waals surface area (Å²) in [5.74, 6) is 1.52. The van der Waals surface area contributed by atoms with Gasteiger partial charge >= 0.3 is 0 Å². The third kappa shape index (κ3) is 3.04. The number of thiophene rings is 2. The standard InChI is InChI=1S/C21H13FN6OS3/c1-27-20(29)18-14(6-7-30-18)28-16(25-26-21(27)28)9-31-19-17-13(23-10-24-19)8-15(32-17)11-2-4-12(22)5-3-11/h2-8,10H,9H2,1H3. The molecule has 11 heteroatoms. The first kappa shape index (κ1) is 19.5. The van der Waals surface area contributed by atoms with E-state index in [0.29, 0.717) is 16.2 Å². The molecule has 6 rings (SSSR count). The number of fused-ring (bicyclic) bond motifs is 4. The number of hydrogen-bond acceptors (Lipinski definition) is 8. The van der Waals surface area contributed by atoms with Gasteiger partial charge in [-0.2, -0.15) is 0 Å². The first-order chi connectivity index (χ1) is 15.6. The van der Waals surface area contributed by atoms with Crippen LogP contribution in [0.5, 0.6) is 0 Å². The van der Waals surface area contributed by atoms with Gasteiger partial charge in [-0.15, -0.1) is 32.9 Å². The normalized spacial score (nSPS) is 11.8. The zero-order valence-electron chi connectivity index (χ0n) is 16.5. The van der Waals surface area contributed by atoms with Crippen LogP contribution >= 0.6 is 34.4 Å². The lowest BCUT2D eigenvalue weighted by Gasteiger charge is -2.05. The van der Waals surface area contributed by atoms with Crippen molar-refractivity contribution in [1.82, 2.24) is 29.1 Å². The van der Waals surface area contributed by atoms with Crippen LogP contribution in [0.2, 0.25) is 0 Å². The number of aryl methyl sites for hydroxylation is 1. The lowest BCUT2D eigenvalue weighted by Crippen LogP contribution is -2.19. The van der Waals surface area contributed by atoms with Crippen LogP contribution in [0.15, 0.2) is 57.9 Å². The molecule has 0 N–H and O–H groups in total. The molecule has 0 aliphatic heterocycles. The average Bonchev–Trinajstić information content (AvgIpc) is 3.54. The second kappa shape index (κ2) is 7.47. The van der Waals surface area contributed by atoms with E-state index in [1.807, 2.05) is 21.9 Å². The quantitative estimate of drug-likeness (QED) is 0.268. The highest BCUT2D eigenvalue weighted by Crippen LogP contribution is 2.37. The van der Waals surface area contributed by atoms with Crippen molar-refractivity contribution in [3.63, 3.8) is 0 Å². The van der Waals surface area contributed by atoms with Crippen molar-refractivity contribution in [2.24, 2.45) is 7.05 Å². The molecule has 5 aromatic heterocycles. The summed E-state index contributed by atoms with van der Waals surface area (Å²) in [7, 11) is 1.71. The summed E-state index contributed by atoms with van der Waals surface area (Å²) in [5, 5.41) is 11.3. The van der Waals surface area contributed by atoms with Crippen LogP contribution in [0.1, 0.15) is 5.82 Å². The monoisotopic (exact) mass is 480 g/mol. The van der Waals surface area contributed by atoms with Gasteiger partial charge in [-0.05, 0) is 35.2 Å². The van der Waals surface area contributed by atoms with E-state index in [2.05, 4.69) is 20.2 Å². The van der Waals surface area contributed by atoms with Gasteiger partial charge in [0.25, 0.3) is 5.56 Å². The predicted molar refractivity (Wildman–Crippen MR) is 126 cm³/mol. The molecule has 7 nitrogen and oxygen atoms in total. The summed E-state index contributed by atoms with van der Waals surface area (Å²) >= 11 is 4.54. The van der Waals surface area contributed by atoms with Gasteiger partial charge in [-0.3, -0.25) is 13.8 Å². The lowest BCUT2D eigenvalue weighted by atomic mass is 10.2. The van der Waals surface area contributed by atoms with Crippen molar-refractivity contribution >= 4 is 60.6 Å². The maximum atomic E-state index is 13.3. The Kier molecular flexibility index (Phi) is 4.56. The van der Waals surface area contributed by atoms with E-state index in [-0.39, 0.29) is 11.4 Å². The van der Waals surface area contributed by atoms with Crippen LogP contribution in [-0.2, 0) is 12.8 Å². The molecule has 0 aliphatic rings. The van der Waals surface area contributed by atoms with Gasteiger partial charge in [-0.25, -0.2) is 14.4 Å². The van der Waals surface area contributed by atoms with E-state index >= 15 is 0 Å². The van der Waals surface area contributed by atoms with Gasteiger partial charge in [0.15, 0.2) is 0 Å². The first-order valence-electron chi connectivity index (χ1n) is 9.53. The Morgan fingerprint density at radius 2 is 1.94 bits per heavy atom. The number of nitrogens with zero attached hydrogens (tertiary/aromatic N) is 6. The molecule has 0 aliphatic carbocycles. The summed E-state index contributed by atoms with van der Waals surface area (Å²) in [5.41, 5.74) is 2.53. The van der Waals surface area contributed by atoms with Crippen molar-refractivity contribution < 1.29 is 4.39 Å². The summed E-state index contributed by atoms with van der Waals surface area (Å²) in [4.78, 5) is 22.4. The lowest BCUT2D eigenvalue weighted by molar-refractivity contribution is 0.628. The second-order valence-electron chi connectivity index (χ2n) is 7.05. The average molecular weight is 481 g/mol. The van der Waals surface area contributed by atoms with E-state index in [9.17, 15) is 9.18 Å². The van der Waals surface area contributed by atoms with Crippen molar-refractivity contribution in [2.45, 2.75) is 10.8 Å². The second-order valence-corrected chi connectivity index (χ2v) is 9.98. The molecule has 0 fully saturated rings. The highest BCUT2D eigenvalue weighted by molar-refractivity contribution is 7.98. The molecule has 0 unspecified atom stereocenters. The zero-order chi connectivity index (χ0) is 21.8. The van der Waals surface area contributed by atoms with Crippen molar-refractivity contribution in [2.75, 3.05) is 0 Å². The molecule has 0 radical (unpaired) electrons. The summed E-state index contributed by atoms with van der Waals surface area (Å²) < 4.78 is 18.4. The molecule has 0 spiro atoms. The Labute approximate surface area is 192 Å². The number of halogens is 1. The third-order valence-electron chi connectivity index (χ3n) is 5.14. The Morgan fingerprint density at radius 1 is 1.09 bits per heavy atom. The number of hydrogen-bond donors (Lipinski definition) is 0. The molecule has 6 aromatic rings. The van der Waals surface area contributed by atoms with Crippen LogP contribution in [0.25, 0.3) is 36.7 Å². The van der Waals surface area contributed by atoms with Crippen molar-refractivity contribution in [1.29, 1.82) is 0 Å². The minimum absolute atomic E-state index is 0.0708. The SMILES string of the molecule is Cn1c(=O)c2sccc2n2c(CSc3ncnc4cc(-c5ccc(F)cc5)sc34)nnc12. The molecule has 158 valence electrons. The van der Waals surface area contributed by atoms with Gasteiger partial charge in [0.2, 0.25) is 5.78 Å². The largest absolute Gasteiger partial charge is 0.279 e. The van der Waals surface area contributed by atoms with E-state index < -0.39 is 0 Å². The fourth-order valence-electron chi connectivity index (χ4n) is 3.57. The molecular formula is C21H13FN6OS3. The maximum Gasteiger partial charge on any atom is 0.272 e. The fraction of sp³-hybridized carbons (Fsp3) is 0.0952. The molecule has 0 saturated heterocycles. The zero-order valence-corrected chi connectivity index (χ0v) is 19.0. The van der Waals surface area contributed by atoms with E-state index in [1.54, 1.807) is 48.6 Å². The van der Waals surface area contributed by atoms with E-state index in [1.165, 1.54) is 28.0 Å². The van der Waals surface area contributed by atoms with Gasteiger partial charge in [0, 0.05) is 11.9 Å². The smallest absolute Gasteiger partial charge is 0.272 e. The number of aromatic nitrogens is 6. The van der Waals surface area contributed by atoms with Crippen LogP contribution in [-0.4, -0.2) is 29.1 Å². The topological polar surface area (TPSA) is 78.0 Å². The number of thioether (sulfide) groups is 1. The Morgan fingerprint density at radius 3 is 2.78 bits per heavy atom. The molecule has 32 heavy (non-hydrogen) atoms. The molecule has 0 saturated carbocycles. The maximum absolute atomic E-state index is 13.3. The van der Waals surface area contributed by atoms with E-state index in [0.717, 1.165) is 37.0 Å². The molecule has 1 aromatic carbocycles. The highest BCUT2D eigenvalue weighted by atomic mass is 32.2. The molecule has 0 bridgehead atoms. The number of rotatable bonds is 4. The van der Waals surface area contributed by atoms with Gasteiger partial charge < -0.3 is 0 Å². The van der Waals surface area contributed by atoms with Crippen LogP contribution in [0, 0.1) is 5.82 Å². The van der Waals surface area contributed by atoms with Gasteiger partial charge in [-0.1, -0.05) is 23.9 Å². The highest BCUT2D eigenvalue weighted by Gasteiger charge is 2.17. The van der Waals surface area contributed by atoms with Crippen molar-refractivity contribution in [3.8, 4) is 10.4 Å². The number of benzene rings is 1. The van der Waals surface area contributed by atoms with Crippen LogP contribution < -0.4 is 5.56 Å². The Balaban J connectivity index is 1.39. The Hall–Kier alpha value is -3.15. The van der Waals surface area contributed by atoms with Crippen LogP contribution in [0.4, 0.5) is 4.39 Å². The molecule has 0 amide bonds. The summed E-state index contributed by atoms with van der Waals surface area (Å²) in [6, 6.07) is 10.4. The van der Waals surface area contributed by atoms with Crippen molar-refractivity contribution in [3.05, 3.63) is 70.1 Å². The fourth-order valence-corrected chi connectivity index (χ4v) is 6.53. The first-order valence-corrected chi connectivity index (χ1v) is 12.2. The minimum atomic E-state index is -0.260. The summed E-state index contributed by atoms with van der Waals surface area (Å²) in [6.45, 7) is 0. The van der Waals surface area contributed by atoms with Gasteiger partial charge in [0.1, 0.15) is 27.7 Å². The summed E-state index contributed by atoms with van der Waals surface area (Å²) in [6.07, 6.45) is 1.55. The predicted octanol–water partition coefficient (Wildman–Crippen LogP) is 4.75.